The van der Waals surface area contributed by atoms with Crippen LogP contribution < -0.4 is 10.2 Å². The van der Waals surface area contributed by atoms with Gasteiger partial charge in [-0.15, -0.1) is 0 Å². The maximum atomic E-state index is 13.0. The monoisotopic (exact) mass is 314 g/mol. The molecule has 1 N–H and O–H groups in total. The Hall–Kier alpha value is -1.35. The van der Waals surface area contributed by atoms with Crippen molar-refractivity contribution in [2.75, 3.05) is 11.4 Å². The van der Waals surface area contributed by atoms with Crippen LogP contribution in [0.1, 0.15) is 52.0 Å². The number of carbonyl (C=O) groups excluding carboxylic acids is 1. The van der Waals surface area contributed by atoms with E-state index in [-0.39, 0.29) is 11.9 Å². The lowest BCUT2D eigenvalue weighted by atomic mass is 9.78. The highest BCUT2D eigenvalue weighted by Gasteiger charge is 2.31. The van der Waals surface area contributed by atoms with Crippen LogP contribution in [0.3, 0.4) is 0 Å². The zero-order chi connectivity index (χ0) is 16.4. The van der Waals surface area contributed by atoms with Crippen LogP contribution in [-0.4, -0.2) is 24.5 Å². The quantitative estimate of drug-likeness (QED) is 0.921. The van der Waals surface area contributed by atoms with Gasteiger partial charge >= 0.3 is 0 Å². The first-order valence-electron chi connectivity index (χ1n) is 9.23. The lowest BCUT2D eigenvalue weighted by molar-refractivity contribution is -0.120. The highest BCUT2D eigenvalue weighted by atomic mass is 16.2. The van der Waals surface area contributed by atoms with Crippen molar-refractivity contribution in [3.63, 3.8) is 0 Å². The molecule has 126 valence electrons. The summed E-state index contributed by atoms with van der Waals surface area (Å²) in [5, 5.41) is 3.64. The van der Waals surface area contributed by atoms with Crippen LogP contribution in [0.4, 0.5) is 5.69 Å². The fraction of sp³-hybridized carbons (Fsp3) is 0.650. The Balaban J connectivity index is 1.68. The van der Waals surface area contributed by atoms with E-state index >= 15 is 0 Å². The molecular weight excluding hydrogens is 284 g/mol. The van der Waals surface area contributed by atoms with Gasteiger partial charge in [-0.1, -0.05) is 44.9 Å². The summed E-state index contributed by atoms with van der Waals surface area (Å²) in [7, 11) is 0. The zero-order valence-electron chi connectivity index (χ0n) is 14.7. The fourth-order valence-corrected chi connectivity index (χ4v) is 4.21. The molecule has 0 spiro atoms. The Kier molecular flexibility index (Phi) is 5.05. The van der Waals surface area contributed by atoms with Gasteiger partial charge in [-0.2, -0.15) is 0 Å². The number of anilines is 1. The predicted octanol–water partition coefficient (Wildman–Crippen LogP) is 3.77. The van der Waals surface area contributed by atoms with Crippen LogP contribution in [-0.2, 0) is 11.2 Å². The van der Waals surface area contributed by atoms with E-state index in [0.29, 0.717) is 12.0 Å². The second-order valence-electron chi connectivity index (χ2n) is 7.48. The molecule has 0 saturated heterocycles. The number of rotatable bonds is 3. The van der Waals surface area contributed by atoms with Crippen molar-refractivity contribution in [1.82, 2.24) is 5.32 Å². The molecule has 1 fully saturated rings. The third-order valence-electron chi connectivity index (χ3n) is 5.92. The largest absolute Gasteiger partial charge is 0.311 e. The SMILES string of the molecule is CC(NC1CCCC(C)C1C)C(=O)N1CCCc2ccccc21. The molecule has 1 aromatic rings. The maximum absolute atomic E-state index is 13.0. The first kappa shape index (κ1) is 16.5. The van der Waals surface area contributed by atoms with Crippen LogP contribution in [0, 0.1) is 11.8 Å². The summed E-state index contributed by atoms with van der Waals surface area (Å²) in [5.41, 5.74) is 2.42. The van der Waals surface area contributed by atoms with Crippen molar-refractivity contribution in [2.45, 2.75) is 65.0 Å². The first-order chi connectivity index (χ1) is 11.1. The molecule has 2 aliphatic rings. The second kappa shape index (κ2) is 7.04. The molecule has 3 rings (SSSR count). The van der Waals surface area contributed by atoms with Crippen LogP contribution in [0.15, 0.2) is 24.3 Å². The van der Waals surface area contributed by atoms with E-state index in [1.807, 2.05) is 17.9 Å². The molecule has 1 heterocycles. The van der Waals surface area contributed by atoms with Crippen molar-refractivity contribution in [3.05, 3.63) is 29.8 Å². The van der Waals surface area contributed by atoms with Gasteiger partial charge in [0, 0.05) is 18.3 Å². The molecule has 0 aromatic heterocycles. The van der Waals surface area contributed by atoms with Gasteiger partial charge in [0.25, 0.3) is 0 Å². The molecule has 1 saturated carbocycles. The summed E-state index contributed by atoms with van der Waals surface area (Å²) < 4.78 is 0. The number of benzene rings is 1. The van der Waals surface area contributed by atoms with Crippen LogP contribution in [0.5, 0.6) is 0 Å². The van der Waals surface area contributed by atoms with Gasteiger partial charge < -0.3 is 10.2 Å². The van der Waals surface area contributed by atoms with Crippen LogP contribution >= 0.6 is 0 Å². The van der Waals surface area contributed by atoms with Crippen molar-refractivity contribution in [2.24, 2.45) is 11.8 Å². The predicted molar refractivity (Wildman–Crippen MR) is 95.7 cm³/mol. The smallest absolute Gasteiger partial charge is 0.243 e. The molecule has 4 unspecified atom stereocenters. The maximum Gasteiger partial charge on any atom is 0.243 e. The highest BCUT2D eigenvalue weighted by Crippen LogP contribution is 2.31. The molecule has 3 heteroatoms. The third kappa shape index (κ3) is 3.45. The minimum absolute atomic E-state index is 0.112. The van der Waals surface area contributed by atoms with Gasteiger partial charge in [-0.3, -0.25) is 4.79 Å². The van der Waals surface area contributed by atoms with E-state index in [0.717, 1.165) is 31.0 Å². The van der Waals surface area contributed by atoms with E-state index < -0.39 is 0 Å². The number of amides is 1. The molecule has 1 aromatic carbocycles. The van der Waals surface area contributed by atoms with Crippen molar-refractivity contribution in [1.29, 1.82) is 0 Å². The Bertz CT molecular complexity index is 556. The average Bonchev–Trinajstić information content (AvgIpc) is 2.57. The molecular formula is C20H30N2O. The number of aryl methyl sites for hydroxylation is 1. The van der Waals surface area contributed by atoms with Crippen molar-refractivity contribution < 1.29 is 4.79 Å². The summed E-state index contributed by atoms with van der Waals surface area (Å²) in [5.74, 6) is 1.62. The molecule has 3 nitrogen and oxygen atoms in total. The summed E-state index contributed by atoms with van der Waals surface area (Å²) in [6.07, 6.45) is 5.93. The molecule has 1 amide bonds. The van der Waals surface area contributed by atoms with Gasteiger partial charge in [0.05, 0.1) is 6.04 Å². The molecule has 4 atom stereocenters. The second-order valence-corrected chi connectivity index (χ2v) is 7.48. The Labute approximate surface area is 140 Å². The van der Waals surface area contributed by atoms with Gasteiger partial charge in [0.2, 0.25) is 5.91 Å². The fourth-order valence-electron chi connectivity index (χ4n) is 4.21. The average molecular weight is 314 g/mol. The Morgan fingerprint density at radius 1 is 1.22 bits per heavy atom. The molecule has 0 bridgehead atoms. The Morgan fingerprint density at radius 2 is 2.00 bits per heavy atom. The lowest BCUT2D eigenvalue weighted by Gasteiger charge is -2.38. The lowest BCUT2D eigenvalue weighted by Crippen LogP contribution is -2.52. The summed E-state index contributed by atoms with van der Waals surface area (Å²) in [6, 6.07) is 8.70. The van der Waals surface area contributed by atoms with Crippen molar-refractivity contribution >= 4 is 11.6 Å². The zero-order valence-corrected chi connectivity index (χ0v) is 14.7. The number of nitrogens with one attached hydrogen (secondary N) is 1. The van der Waals surface area contributed by atoms with Crippen LogP contribution in [0.25, 0.3) is 0 Å². The number of hydrogen-bond acceptors (Lipinski definition) is 2. The number of fused-ring (bicyclic) bond motifs is 1. The topological polar surface area (TPSA) is 32.3 Å². The minimum atomic E-state index is -0.112. The molecule has 23 heavy (non-hydrogen) atoms. The third-order valence-corrected chi connectivity index (χ3v) is 5.92. The first-order valence-corrected chi connectivity index (χ1v) is 9.23. The van der Waals surface area contributed by atoms with E-state index in [4.69, 9.17) is 0 Å². The normalized spacial score (nSPS) is 29.0. The highest BCUT2D eigenvalue weighted by molar-refractivity contribution is 5.98. The van der Waals surface area contributed by atoms with Gasteiger partial charge in [-0.25, -0.2) is 0 Å². The minimum Gasteiger partial charge on any atom is -0.311 e. The van der Waals surface area contributed by atoms with Crippen LogP contribution in [0.2, 0.25) is 0 Å². The molecule has 0 radical (unpaired) electrons. The summed E-state index contributed by atoms with van der Waals surface area (Å²) >= 11 is 0. The van der Waals surface area contributed by atoms with E-state index in [1.54, 1.807) is 0 Å². The summed E-state index contributed by atoms with van der Waals surface area (Å²) in [6.45, 7) is 7.55. The number of carbonyl (C=O) groups is 1. The van der Waals surface area contributed by atoms with Gasteiger partial charge in [-0.05, 0) is 49.7 Å². The van der Waals surface area contributed by atoms with Gasteiger partial charge in [0.1, 0.15) is 0 Å². The molecule has 1 aliphatic heterocycles. The van der Waals surface area contributed by atoms with Crippen molar-refractivity contribution in [3.8, 4) is 0 Å². The van der Waals surface area contributed by atoms with E-state index in [2.05, 4.69) is 37.4 Å². The number of para-hydroxylation sites is 1. The molecule has 1 aliphatic carbocycles. The standard InChI is InChI=1S/C20H30N2O/c1-14-8-6-11-18(15(14)2)21-16(3)20(23)22-13-7-10-17-9-4-5-12-19(17)22/h4-5,9,12,14-16,18,21H,6-8,10-11,13H2,1-3H3. The Morgan fingerprint density at radius 3 is 2.83 bits per heavy atom. The number of nitrogens with zero attached hydrogens (tertiary/aromatic N) is 1. The van der Waals surface area contributed by atoms with Gasteiger partial charge in [0.15, 0.2) is 0 Å². The number of hydrogen-bond donors (Lipinski definition) is 1. The van der Waals surface area contributed by atoms with E-state index in [9.17, 15) is 4.79 Å². The summed E-state index contributed by atoms with van der Waals surface area (Å²) in [4.78, 5) is 15.0. The van der Waals surface area contributed by atoms with E-state index in [1.165, 1.54) is 24.8 Å².